The summed E-state index contributed by atoms with van der Waals surface area (Å²) < 4.78 is 28.9. The molecule has 0 aromatic heterocycles. The number of halogens is 1. The van der Waals surface area contributed by atoms with Crippen LogP contribution in [0.4, 0.5) is 0 Å². The van der Waals surface area contributed by atoms with Crippen molar-refractivity contribution in [1.29, 1.82) is 0 Å². The third kappa shape index (κ3) is 5.77. The average molecular weight is 552 g/mol. The monoisotopic (exact) mass is 551 g/mol. The number of hydrogen-bond donors (Lipinski definition) is 2. The summed E-state index contributed by atoms with van der Waals surface area (Å²) >= 11 is 6.27. The minimum atomic E-state index is -3.71. The molecule has 1 aliphatic carbocycles. The Morgan fingerprint density at radius 2 is 1.55 bits per heavy atom. The van der Waals surface area contributed by atoms with E-state index < -0.39 is 10.0 Å². The van der Waals surface area contributed by atoms with E-state index >= 15 is 0 Å². The summed E-state index contributed by atoms with van der Waals surface area (Å²) in [5.41, 5.74) is 2.67. The van der Waals surface area contributed by atoms with Crippen LogP contribution in [0.3, 0.4) is 0 Å². The second-order valence-electron chi connectivity index (χ2n) is 9.87. The van der Waals surface area contributed by atoms with E-state index in [-0.39, 0.29) is 41.3 Å². The number of piperazine rings is 1. The van der Waals surface area contributed by atoms with Gasteiger partial charge in [-0.25, -0.2) is 13.1 Å². The SMILES string of the molecule is O=C1CN(C(=O)C2CCC(NS(=O)(=O)c3ccc(-c4ccccc4Cl)cc3)CC2)C(c2ccccc2)CN1. The van der Waals surface area contributed by atoms with Gasteiger partial charge < -0.3 is 10.2 Å². The van der Waals surface area contributed by atoms with Crippen LogP contribution in [-0.2, 0) is 19.6 Å². The largest absolute Gasteiger partial charge is 0.352 e. The highest BCUT2D eigenvalue weighted by molar-refractivity contribution is 7.89. The van der Waals surface area contributed by atoms with E-state index in [9.17, 15) is 18.0 Å². The molecule has 3 aromatic rings. The second kappa shape index (κ2) is 11.3. The lowest BCUT2D eigenvalue weighted by atomic mass is 9.85. The fraction of sp³-hybridized carbons (Fsp3) is 0.310. The molecular formula is C29H30ClN3O4S. The minimum absolute atomic E-state index is 0.0368. The van der Waals surface area contributed by atoms with Crippen LogP contribution in [0.2, 0.25) is 5.02 Å². The number of nitrogens with one attached hydrogen (secondary N) is 2. The fourth-order valence-corrected chi connectivity index (χ4v) is 6.89. The topological polar surface area (TPSA) is 95.6 Å². The first-order valence-corrected chi connectivity index (χ1v) is 14.7. The van der Waals surface area contributed by atoms with E-state index in [4.69, 9.17) is 11.6 Å². The Kier molecular flexibility index (Phi) is 7.83. The molecule has 2 aliphatic rings. The molecule has 1 saturated carbocycles. The van der Waals surface area contributed by atoms with Crippen molar-refractivity contribution in [2.24, 2.45) is 5.92 Å². The van der Waals surface area contributed by atoms with Crippen molar-refractivity contribution in [3.05, 3.63) is 89.4 Å². The number of carbonyl (C=O) groups is 2. The van der Waals surface area contributed by atoms with Crippen molar-refractivity contribution >= 4 is 33.4 Å². The van der Waals surface area contributed by atoms with Crippen LogP contribution in [-0.4, -0.2) is 44.3 Å². The predicted octanol–water partition coefficient (Wildman–Crippen LogP) is 4.54. The molecule has 38 heavy (non-hydrogen) atoms. The van der Waals surface area contributed by atoms with Crippen molar-refractivity contribution in [3.8, 4) is 11.1 Å². The van der Waals surface area contributed by atoms with Gasteiger partial charge in [-0.15, -0.1) is 0 Å². The van der Waals surface area contributed by atoms with Gasteiger partial charge in [-0.1, -0.05) is 72.3 Å². The molecule has 1 atom stereocenters. The molecule has 3 aromatic carbocycles. The summed E-state index contributed by atoms with van der Waals surface area (Å²) in [7, 11) is -3.71. The molecule has 0 radical (unpaired) electrons. The molecule has 9 heteroatoms. The Morgan fingerprint density at radius 1 is 0.895 bits per heavy atom. The smallest absolute Gasteiger partial charge is 0.240 e. The maximum Gasteiger partial charge on any atom is 0.240 e. The number of benzene rings is 3. The highest BCUT2D eigenvalue weighted by Crippen LogP contribution is 2.32. The van der Waals surface area contributed by atoms with Gasteiger partial charge in [-0.2, -0.15) is 0 Å². The van der Waals surface area contributed by atoms with Crippen molar-refractivity contribution in [2.75, 3.05) is 13.1 Å². The minimum Gasteiger partial charge on any atom is -0.352 e. The van der Waals surface area contributed by atoms with E-state index in [2.05, 4.69) is 10.0 Å². The van der Waals surface area contributed by atoms with Gasteiger partial charge in [0.05, 0.1) is 10.9 Å². The highest BCUT2D eigenvalue weighted by Gasteiger charge is 2.37. The summed E-state index contributed by atoms with van der Waals surface area (Å²) in [4.78, 5) is 27.5. The van der Waals surface area contributed by atoms with Gasteiger partial charge in [0.15, 0.2) is 0 Å². The van der Waals surface area contributed by atoms with E-state index in [0.717, 1.165) is 16.7 Å². The Bertz CT molecular complexity index is 1410. The fourth-order valence-electron chi connectivity index (χ4n) is 5.34. The zero-order valence-electron chi connectivity index (χ0n) is 20.8. The van der Waals surface area contributed by atoms with Crippen LogP contribution in [0.15, 0.2) is 83.8 Å². The molecular weight excluding hydrogens is 522 g/mol. The molecule has 198 valence electrons. The third-order valence-electron chi connectivity index (χ3n) is 7.40. The molecule has 0 spiro atoms. The lowest BCUT2D eigenvalue weighted by molar-refractivity contribution is -0.145. The van der Waals surface area contributed by atoms with Gasteiger partial charge in [-0.3, -0.25) is 9.59 Å². The van der Waals surface area contributed by atoms with Crippen LogP contribution in [0, 0.1) is 5.92 Å². The maximum atomic E-state index is 13.5. The highest BCUT2D eigenvalue weighted by atomic mass is 35.5. The van der Waals surface area contributed by atoms with E-state index in [1.54, 1.807) is 35.2 Å². The van der Waals surface area contributed by atoms with Crippen LogP contribution in [0.5, 0.6) is 0 Å². The Labute approximate surface area is 228 Å². The maximum absolute atomic E-state index is 13.5. The van der Waals surface area contributed by atoms with Crippen molar-refractivity contribution in [2.45, 2.75) is 42.7 Å². The number of sulfonamides is 1. The predicted molar refractivity (Wildman–Crippen MR) is 147 cm³/mol. The summed E-state index contributed by atoms with van der Waals surface area (Å²) in [6.45, 7) is 0.425. The van der Waals surface area contributed by atoms with Gasteiger partial charge in [0.1, 0.15) is 6.54 Å². The van der Waals surface area contributed by atoms with Crippen LogP contribution in [0.1, 0.15) is 37.3 Å². The summed E-state index contributed by atoms with van der Waals surface area (Å²) in [6, 6.07) is 23.4. The first-order chi connectivity index (χ1) is 18.3. The molecule has 2 amide bonds. The second-order valence-corrected chi connectivity index (χ2v) is 12.0. The zero-order valence-corrected chi connectivity index (χ0v) is 22.4. The zero-order chi connectivity index (χ0) is 26.7. The van der Waals surface area contributed by atoms with Gasteiger partial charge in [0.25, 0.3) is 0 Å². The lowest BCUT2D eigenvalue weighted by Gasteiger charge is -2.39. The first-order valence-electron chi connectivity index (χ1n) is 12.8. The van der Waals surface area contributed by atoms with Gasteiger partial charge in [-0.05, 0) is 55.0 Å². The van der Waals surface area contributed by atoms with E-state index in [1.807, 2.05) is 48.5 Å². The molecule has 7 nitrogen and oxygen atoms in total. The number of amides is 2. The summed E-state index contributed by atoms with van der Waals surface area (Å²) in [5.74, 6) is -0.430. The van der Waals surface area contributed by atoms with E-state index in [0.29, 0.717) is 37.3 Å². The van der Waals surface area contributed by atoms with Crippen molar-refractivity contribution in [3.63, 3.8) is 0 Å². The van der Waals surface area contributed by atoms with Crippen LogP contribution >= 0.6 is 11.6 Å². The Morgan fingerprint density at radius 3 is 2.24 bits per heavy atom. The van der Waals surface area contributed by atoms with Crippen molar-refractivity contribution in [1.82, 2.24) is 14.9 Å². The number of rotatable bonds is 6. The quantitative estimate of drug-likeness (QED) is 0.470. The molecule has 0 bridgehead atoms. The first kappa shape index (κ1) is 26.4. The number of carbonyl (C=O) groups excluding carboxylic acids is 2. The molecule has 1 aliphatic heterocycles. The number of nitrogens with zero attached hydrogens (tertiary/aromatic N) is 1. The molecule has 2 fully saturated rings. The molecule has 1 saturated heterocycles. The Hall–Kier alpha value is -3.20. The number of hydrogen-bond acceptors (Lipinski definition) is 4. The molecule has 1 heterocycles. The van der Waals surface area contributed by atoms with Gasteiger partial charge >= 0.3 is 0 Å². The van der Waals surface area contributed by atoms with Crippen LogP contribution < -0.4 is 10.0 Å². The summed E-state index contributed by atoms with van der Waals surface area (Å²) in [6.07, 6.45) is 2.25. The third-order valence-corrected chi connectivity index (χ3v) is 9.26. The van der Waals surface area contributed by atoms with Gasteiger partial charge in [0.2, 0.25) is 21.8 Å². The van der Waals surface area contributed by atoms with Crippen LogP contribution in [0.25, 0.3) is 11.1 Å². The van der Waals surface area contributed by atoms with Gasteiger partial charge in [0, 0.05) is 29.1 Å². The standard InChI is InChI=1S/C29H30ClN3O4S/c30-26-9-5-4-8-25(26)20-12-16-24(17-13-20)38(36,37)32-23-14-10-22(11-15-23)29(35)33-19-28(34)31-18-27(33)21-6-2-1-3-7-21/h1-9,12-13,16-17,22-23,27,32H,10-11,14-15,18-19H2,(H,31,34). The van der Waals surface area contributed by atoms with Crippen molar-refractivity contribution < 1.29 is 18.0 Å². The summed E-state index contributed by atoms with van der Waals surface area (Å²) in [5, 5.41) is 3.47. The Balaban J connectivity index is 1.21. The molecule has 2 N–H and O–H groups in total. The molecule has 1 unspecified atom stereocenters. The normalized spacial score (nSPS) is 22.1. The lowest BCUT2D eigenvalue weighted by Crippen LogP contribution is -2.54. The molecule has 5 rings (SSSR count). The average Bonchev–Trinajstić information content (AvgIpc) is 2.94. The van der Waals surface area contributed by atoms with E-state index in [1.165, 1.54) is 0 Å².